The Kier molecular flexibility index (Phi) is 3.19. The van der Waals surface area contributed by atoms with Crippen LogP contribution in [0.2, 0.25) is 10.0 Å². The average Bonchev–Trinajstić information content (AvgIpc) is 2.13. The standard InChI is InChI=1S/C13H14Cl2N2/c1-6(2)11-7(3)17-10-5-8(14)4-9(15)12(10)13(11)16/h4-6H,1-3H3,(H2,16,17). The average molecular weight is 269 g/mol. The van der Waals surface area contributed by atoms with Gasteiger partial charge in [0.1, 0.15) is 0 Å². The first-order chi connectivity index (χ1) is 7.91. The van der Waals surface area contributed by atoms with Crippen molar-refractivity contribution >= 4 is 39.8 Å². The lowest BCUT2D eigenvalue weighted by atomic mass is 9.97. The number of rotatable bonds is 1. The summed E-state index contributed by atoms with van der Waals surface area (Å²) >= 11 is 12.2. The van der Waals surface area contributed by atoms with Crippen LogP contribution >= 0.6 is 23.2 Å². The number of hydrogen-bond acceptors (Lipinski definition) is 2. The SMILES string of the molecule is Cc1nc2cc(Cl)cc(Cl)c2c(N)c1C(C)C. The largest absolute Gasteiger partial charge is 0.398 e. The quantitative estimate of drug-likeness (QED) is 0.824. The highest BCUT2D eigenvalue weighted by molar-refractivity contribution is 6.39. The molecule has 2 aromatic rings. The predicted octanol–water partition coefficient (Wildman–Crippen LogP) is 4.56. The number of nitrogen functional groups attached to an aromatic ring is 1. The lowest BCUT2D eigenvalue weighted by Gasteiger charge is -2.15. The van der Waals surface area contributed by atoms with E-state index < -0.39 is 0 Å². The van der Waals surface area contributed by atoms with Gasteiger partial charge in [-0.05, 0) is 30.5 Å². The lowest BCUT2D eigenvalue weighted by Crippen LogP contribution is -2.03. The van der Waals surface area contributed by atoms with Crippen molar-refractivity contribution < 1.29 is 0 Å². The van der Waals surface area contributed by atoms with E-state index in [9.17, 15) is 0 Å². The molecule has 1 aromatic heterocycles. The molecule has 17 heavy (non-hydrogen) atoms. The lowest BCUT2D eigenvalue weighted by molar-refractivity contribution is 0.851. The number of aryl methyl sites for hydroxylation is 1. The number of pyridine rings is 1. The van der Waals surface area contributed by atoms with Crippen molar-refractivity contribution in [3.05, 3.63) is 33.4 Å². The van der Waals surface area contributed by atoms with E-state index in [4.69, 9.17) is 28.9 Å². The Morgan fingerprint density at radius 1 is 1.24 bits per heavy atom. The molecule has 0 aliphatic carbocycles. The number of nitrogens with zero attached hydrogens (tertiary/aromatic N) is 1. The van der Waals surface area contributed by atoms with Gasteiger partial charge in [0.15, 0.2) is 0 Å². The Morgan fingerprint density at radius 2 is 1.88 bits per heavy atom. The molecule has 0 saturated carbocycles. The van der Waals surface area contributed by atoms with Crippen LogP contribution in [0.25, 0.3) is 10.9 Å². The van der Waals surface area contributed by atoms with Crippen molar-refractivity contribution in [3.63, 3.8) is 0 Å². The molecule has 0 atom stereocenters. The molecule has 0 fully saturated rings. The number of hydrogen-bond donors (Lipinski definition) is 1. The van der Waals surface area contributed by atoms with Gasteiger partial charge in [0.2, 0.25) is 0 Å². The molecule has 0 amide bonds. The van der Waals surface area contributed by atoms with Crippen molar-refractivity contribution in [3.8, 4) is 0 Å². The molecular formula is C13H14Cl2N2. The van der Waals surface area contributed by atoms with E-state index in [2.05, 4.69) is 18.8 Å². The summed E-state index contributed by atoms with van der Waals surface area (Å²) in [6, 6.07) is 3.49. The summed E-state index contributed by atoms with van der Waals surface area (Å²) < 4.78 is 0. The van der Waals surface area contributed by atoms with E-state index in [1.54, 1.807) is 12.1 Å². The normalized spacial score (nSPS) is 11.4. The zero-order valence-electron chi connectivity index (χ0n) is 10.0. The van der Waals surface area contributed by atoms with Crippen molar-refractivity contribution in [1.29, 1.82) is 0 Å². The third kappa shape index (κ3) is 2.07. The van der Waals surface area contributed by atoms with Gasteiger partial charge in [0, 0.05) is 21.8 Å². The molecule has 90 valence electrons. The van der Waals surface area contributed by atoms with Crippen LogP contribution in [-0.4, -0.2) is 4.98 Å². The number of halogens is 2. The van der Waals surface area contributed by atoms with Gasteiger partial charge >= 0.3 is 0 Å². The van der Waals surface area contributed by atoms with Crippen molar-refractivity contribution in [2.24, 2.45) is 0 Å². The van der Waals surface area contributed by atoms with E-state index in [0.29, 0.717) is 21.7 Å². The molecule has 0 unspecified atom stereocenters. The summed E-state index contributed by atoms with van der Waals surface area (Å²) in [6.07, 6.45) is 0. The van der Waals surface area contributed by atoms with Crippen LogP contribution in [0.3, 0.4) is 0 Å². The summed E-state index contributed by atoms with van der Waals surface area (Å²) in [4.78, 5) is 4.53. The molecule has 2 nitrogen and oxygen atoms in total. The van der Waals surface area contributed by atoms with Gasteiger partial charge in [-0.2, -0.15) is 0 Å². The van der Waals surface area contributed by atoms with Crippen LogP contribution in [0.5, 0.6) is 0 Å². The molecule has 0 radical (unpaired) electrons. The second kappa shape index (κ2) is 4.35. The van der Waals surface area contributed by atoms with E-state index in [1.807, 2.05) is 6.92 Å². The number of nitrogens with two attached hydrogens (primary N) is 1. The third-order valence-corrected chi connectivity index (χ3v) is 3.37. The maximum absolute atomic E-state index is 6.20. The van der Waals surface area contributed by atoms with E-state index in [1.165, 1.54) is 0 Å². The Balaban J connectivity index is 2.92. The minimum absolute atomic E-state index is 0.318. The summed E-state index contributed by atoms with van der Waals surface area (Å²) in [5.74, 6) is 0.318. The number of fused-ring (bicyclic) bond motifs is 1. The number of benzene rings is 1. The molecule has 4 heteroatoms. The maximum Gasteiger partial charge on any atom is 0.0756 e. The number of anilines is 1. The molecule has 0 bridgehead atoms. The zero-order valence-corrected chi connectivity index (χ0v) is 11.5. The van der Waals surface area contributed by atoms with Gasteiger partial charge in [-0.1, -0.05) is 37.0 Å². The second-order valence-corrected chi connectivity index (χ2v) is 5.30. The van der Waals surface area contributed by atoms with Gasteiger partial charge in [-0.15, -0.1) is 0 Å². The monoisotopic (exact) mass is 268 g/mol. The molecule has 1 heterocycles. The Bertz CT molecular complexity index is 592. The van der Waals surface area contributed by atoms with Crippen molar-refractivity contribution in [2.75, 3.05) is 5.73 Å². The highest BCUT2D eigenvalue weighted by atomic mass is 35.5. The first-order valence-corrected chi connectivity index (χ1v) is 6.22. The van der Waals surface area contributed by atoms with E-state index in [-0.39, 0.29) is 0 Å². The summed E-state index contributed by atoms with van der Waals surface area (Å²) in [5, 5.41) is 1.93. The fraction of sp³-hybridized carbons (Fsp3) is 0.308. The molecule has 0 aliphatic heterocycles. The molecule has 1 aromatic carbocycles. The highest BCUT2D eigenvalue weighted by Crippen LogP contribution is 2.36. The van der Waals surface area contributed by atoms with Gasteiger partial charge in [-0.25, -0.2) is 0 Å². The van der Waals surface area contributed by atoms with Crippen LogP contribution in [-0.2, 0) is 0 Å². The molecule has 0 aliphatic rings. The summed E-state index contributed by atoms with van der Waals surface area (Å²) in [5.41, 5.74) is 9.66. The van der Waals surface area contributed by atoms with Crippen LogP contribution in [0.15, 0.2) is 12.1 Å². The van der Waals surface area contributed by atoms with Crippen LogP contribution in [0, 0.1) is 6.92 Å². The topological polar surface area (TPSA) is 38.9 Å². The molecule has 0 saturated heterocycles. The second-order valence-electron chi connectivity index (χ2n) is 4.46. The van der Waals surface area contributed by atoms with E-state index in [0.717, 1.165) is 22.2 Å². The molecule has 0 spiro atoms. The predicted molar refractivity (Wildman–Crippen MR) is 75.0 cm³/mol. The van der Waals surface area contributed by atoms with Gasteiger partial charge < -0.3 is 5.73 Å². The molecule has 2 rings (SSSR count). The Morgan fingerprint density at radius 3 is 2.47 bits per heavy atom. The number of aromatic nitrogens is 1. The fourth-order valence-corrected chi connectivity index (χ4v) is 2.80. The van der Waals surface area contributed by atoms with Crippen LogP contribution < -0.4 is 5.73 Å². The first-order valence-electron chi connectivity index (χ1n) is 5.46. The van der Waals surface area contributed by atoms with Crippen molar-refractivity contribution in [2.45, 2.75) is 26.7 Å². The molecular weight excluding hydrogens is 255 g/mol. The van der Waals surface area contributed by atoms with Gasteiger partial charge in [-0.3, -0.25) is 4.98 Å². The smallest absolute Gasteiger partial charge is 0.0756 e. The third-order valence-electron chi connectivity index (χ3n) is 2.85. The summed E-state index contributed by atoms with van der Waals surface area (Å²) in [7, 11) is 0. The molecule has 2 N–H and O–H groups in total. The van der Waals surface area contributed by atoms with Crippen LogP contribution in [0.1, 0.15) is 31.0 Å². The minimum atomic E-state index is 0.318. The fourth-order valence-electron chi connectivity index (χ4n) is 2.21. The Hall–Kier alpha value is -0.990. The van der Waals surface area contributed by atoms with Gasteiger partial charge in [0.25, 0.3) is 0 Å². The summed E-state index contributed by atoms with van der Waals surface area (Å²) in [6.45, 7) is 6.14. The minimum Gasteiger partial charge on any atom is -0.398 e. The van der Waals surface area contributed by atoms with E-state index >= 15 is 0 Å². The van der Waals surface area contributed by atoms with Crippen LogP contribution in [0.4, 0.5) is 5.69 Å². The maximum atomic E-state index is 6.20. The zero-order chi connectivity index (χ0) is 12.7. The van der Waals surface area contributed by atoms with Crippen molar-refractivity contribution in [1.82, 2.24) is 4.98 Å². The van der Waals surface area contributed by atoms with Gasteiger partial charge in [0.05, 0.1) is 10.5 Å². The first kappa shape index (κ1) is 12.5. The Labute approximate surface area is 111 Å². The highest BCUT2D eigenvalue weighted by Gasteiger charge is 2.15.